The molecule has 0 fully saturated rings. The highest BCUT2D eigenvalue weighted by molar-refractivity contribution is 5.95. The van der Waals surface area contributed by atoms with Crippen molar-refractivity contribution in [3.63, 3.8) is 0 Å². The Morgan fingerprint density at radius 1 is 1.15 bits per heavy atom. The molecule has 102 valence electrons. The van der Waals surface area contributed by atoms with Crippen molar-refractivity contribution in [3.05, 3.63) is 42.0 Å². The molecule has 2 rings (SSSR count). The molecule has 20 heavy (non-hydrogen) atoms. The number of nitriles is 1. The summed E-state index contributed by atoms with van der Waals surface area (Å²) >= 11 is 0. The molecule has 0 saturated carbocycles. The number of hydrogen-bond donors (Lipinski definition) is 1. The first-order valence-electron chi connectivity index (χ1n) is 6.28. The largest absolute Gasteiger partial charge is 0.550 e. The number of rotatable bonds is 3. The number of aliphatic carboxylic acids is 1. The second-order valence-electron chi connectivity index (χ2n) is 4.65. The van der Waals surface area contributed by atoms with E-state index >= 15 is 0 Å². The molecule has 1 aliphatic carbocycles. The molecule has 1 aliphatic rings. The smallest absolute Gasteiger partial charge is 0.228 e. The zero-order chi connectivity index (χ0) is 14.5. The zero-order valence-electron chi connectivity index (χ0n) is 10.7. The van der Waals surface area contributed by atoms with Gasteiger partial charge in [0.15, 0.2) is 0 Å². The van der Waals surface area contributed by atoms with E-state index in [0.29, 0.717) is 24.1 Å². The number of carbonyl (C=O) groups is 2. The fourth-order valence-electron chi connectivity index (χ4n) is 2.23. The Morgan fingerprint density at radius 2 is 1.75 bits per heavy atom. The topological polar surface area (TPSA) is 93.0 Å². The predicted molar refractivity (Wildman–Crippen MR) is 70.1 cm³/mol. The van der Waals surface area contributed by atoms with E-state index in [1.807, 2.05) is 12.1 Å². The van der Waals surface area contributed by atoms with Crippen LogP contribution in [0.4, 0.5) is 5.69 Å². The van der Waals surface area contributed by atoms with Crippen molar-refractivity contribution < 1.29 is 14.7 Å². The summed E-state index contributed by atoms with van der Waals surface area (Å²) in [5.41, 5.74) is 1.04. The predicted octanol–water partition coefficient (Wildman–Crippen LogP) is 0.829. The lowest BCUT2D eigenvalue weighted by Crippen LogP contribution is -2.41. The van der Waals surface area contributed by atoms with Gasteiger partial charge in [0.2, 0.25) is 5.91 Å². The minimum Gasteiger partial charge on any atom is -0.550 e. The summed E-state index contributed by atoms with van der Waals surface area (Å²) in [6.07, 6.45) is 4.27. The highest BCUT2D eigenvalue weighted by atomic mass is 16.4. The molecule has 1 aromatic carbocycles. The van der Waals surface area contributed by atoms with Crippen molar-refractivity contribution in [3.8, 4) is 6.07 Å². The minimum atomic E-state index is -1.20. The standard InChI is InChI=1S/C15H14N2O3/c16-9-10-5-7-11(8-6-10)17-14(18)12-3-1-2-4-13(12)15(19)20/h1-2,5-8,12-13H,3-4H2,(H,17,18)(H,19,20)/p-1. The Labute approximate surface area is 116 Å². The number of anilines is 1. The van der Waals surface area contributed by atoms with Crippen LogP contribution in [0.15, 0.2) is 36.4 Å². The van der Waals surface area contributed by atoms with E-state index in [9.17, 15) is 14.7 Å². The van der Waals surface area contributed by atoms with Crippen LogP contribution in [-0.4, -0.2) is 11.9 Å². The van der Waals surface area contributed by atoms with Crippen LogP contribution in [0.1, 0.15) is 18.4 Å². The van der Waals surface area contributed by atoms with Crippen molar-refractivity contribution in [1.29, 1.82) is 5.26 Å². The van der Waals surface area contributed by atoms with E-state index in [4.69, 9.17) is 5.26 Å². The summed E-state index contributed by atoms with van der Waals surface area (Å²) in [6.45, 7) is 0. The number of carboxylic acid groups (broad SMARTS) is 1. The fourth-order valence-corrected chi connectivity index (χ4v) is 2.23. The first-order valence-corrected chi connectivity index (χ1v) is 6.28. The van der Waals surface area contributed by atoms with Gasteiger partial charge >= 0.3 is 0 Å². The molecular formula is C15H13N2O3-. The van der Waals surface area contributed by atoms with E-state index in [0.717, 1.165) is 0 Å². The van der Waals surface area contributed by atoms with Gasteiger partial charge in [-0.05, 0) is 37.1 Å². The van der Waals surface area contributed by atoms with Gasteiger partial charge < -0.3 is 15.2 Å². The highest BCUT2D eigenvalue weighted by Crippen LogP contribution is 2.26. The number of hydrogen-bond acceptors (Lipinski definition) is 4. The van der Waals surface area contributed by atoms with Gasteiger partial charge in [0.1, 0.15) is 0 Å². The van der Waals surface area contributed by atoms with Crippen LogP contribution >= 0.6 is 0 Å². The van der Waals surface area contributed by atoms with Crippen LogP contribution in [0.2, 0.25) is 0 Å². The molecule has 2 atom stereocenters. The highest BCUT2D eigenvalue weighted by Gasteiger charge is 2.29. The van der Waals surface area contributed by atoms with Gasteiger partial charge in [-0.2, -0.15) is 5.26 Å². The molecule has 5 heteroatoms. The number of nitrogens with zero attached hydrogens (tertiary/aromatic N) is 1. The molecular weight excluding hydrogens is 256 g/mol. The van der Waals surface area contributed by atoms with Gasteiger partial charge in [0.05, 0.1) is 17.6 Å². The molecule has 2 unspecified atom stereocenters. The molecule has 5 nitrogen and oxygen atoms in total. The number of amides is 1. The SMILES string of the molecule is N#Cc1ccc(NC(=O)C2CC=CCC2C(=O)[O-])cc1. The number of nitrogens with one attached hydrogen (secondary N) is 1. The molecule has 0 heterocycles. The van der Waals surface area contributed by atoms with Crippen molar-refractivity contribution in [1.82, 2.24) is 0 Å². The van der Waals surface area contributed by atoms with E-state index in [1.165, 1.54) is 0 Å². The maximum Gasteiger partial charge on any atom is 0.228 e. The van der Waals surface area contributed by atoms with Crippen LogP contribution in [0.3, 0.4) is 0 Å². The minimum absolute atomic E-state index is 0.313. The van der Waals surface area contributed by atoms with Gasteiger partial charge in [-0.25, -0.2) is 0 Å². The summed E-state index contributed by atoms with van der Waals surface area (Å²) < 4.78 is 0. The zero-order valence-corrected chi connectivity index (χ0v) is 10.7. The molecule has 1 amide bonds. The van der Waals surface area contributed by atoms with Crippen LogP contribution in [0.25, 0.3) is 0 Å². The van der Waals surface area contributed by atoms with Crippen molar-refractivity contribution in [2.24, 2.45) is 11.8 Å². The fraction of sp³-hybridized carbons (Fsp3) is 0.267. The van der Waals surface area contributed by atoms with Crippen molar-refractivity contribution in [2.45, 2.75) is 12.8 Å². The Balaban J connectivity index is 2.08. The Hall–Kier alpha value is -2.61. The second kappa shape index (κ2) is 6.02. The number of carboxylic acids is 1. The summed E-state index contributed by atoms with van der Waals surface area (Å²) in [7, 11) is 0. The monoisotopic (exact) mass is 269 g/mol. The molecule has 0 spiro atoms. The lowest BCUT2D eigenvalue weighted by atomic mass is 9.82. The lowest BCUT2D eigenvalue weighted by Gasteiger charge is -2.28. The molecule has 0 saturated heterocycles. The Bertz CT molecular complexity index is 584. The molecule has 1 N–H and O–H groups in total. The molecule has 1 aromatic rings. The maximum atomic E-state index is 12.1. The van der Waals surface area contributed by atoms with Gasteiger partial charge in [-0.3, -0.25) is 4.79 Å². The van der Waals surface area contributed by atoms with Gasteiger partial charge in [-0.1, -0.05) is 12.2 Å². The molecule has 0 aliphatic heterocycles. The summed E-state index contributed by atoms with van der Waals surface area (Å²) in [5, 5.41) is 22.4. The quantitative estimate of drug-likeness (QED) is 0.822. The maximum absolute atomic E-state index is 12.1. The second-order valence-corrected chi connectivity index (χ2v) is 4.65. The number of allylic oxidation sites excluding steroid dienone is 2. The van der Waals surface area contributed by atoms with Gasteiger partial charge in [0.25, 0.3) is 0 Å². The molecule has 0 radical (unpaired) electrons. The van der Waals surface area contributed by atoms with Crippen molar-refractivity contribution >= 4 is 17.6 Å². The normalized spacial score (nSPS) is 20.9. The lowest BCUT2D eigenvalue weighted by molar-refractivity contribution is -0.313. The first kappa shape index (κ1) is 13.8. The van der Waals surface area contributed by atoms with E-state index in [2.05, 4.69) is 5.32 Å². The third kappa shape index (κ3) is 3.04. The van der Waals surface area contributed by atoms with Crippen LogP contribution in [0, 0.1) is 23.2 Å². The molecule has 0 bridgehead atoms. The van der Waals surface area contributed by atoms with Crippen LogP contribution in [0.5, 0.6) is 0 Å². The first-order chi connectivity index (χ1) is 9.61. The summed E-state index contributed by atoms with van der Waals surface area (Å²) in [6, 6.07) is 8.39. The third-order valence-electron chi connectivity index (χ3n) is 3.35. The van der Waals surface area contributed by atoms with Crippen LogP contribution in [-0.2, 0) is 9.59 Å². The van der Waals surface area contributed by atoms with E-state index < -0.39 is 17.8 Å². The Morgan fingerprint density at radius 3 is 2.30 bits per heavy atom. The van der Waals surface area contributed by atoms with Crippen LogP contribution < -0.4 is 10.4 Å². The average Bonchev–Trinajstić information content (AvgIpc) is 2.48. The summed E-state index contributed by atoms with van der Waals surface area (Å²) in [5.74, 6) is -2.96. The number of carbonyl (C=O) groups excluding carboxylic acids is 2. The van der Waals surface area contributed by atoms with E-state index in [-0.39, 0.29) is 5.91 Å². The average molecular weight is 269 g/mol. The number of benzene rings is 1. The van der Waals surface area contributed by atoms with Gasteiger partial charge in [0, 0.05) is 17.6 Å². The summed E-state index contributed by atoms with van der Waals surface area (Å²) in [4.78, 5) is 23.2. The molecule has 0 aromatic heterocycles. The van der Waals surface area contributed by atoms with Gasteiger partial charge in [-0.15, -0.1) is 0 Å². The van der Waals surface area contributed by atoms with Crippen molar-refractivity contribution in [2.75, 3.05) is 5.32 Å². The third-order valence-corrected chi connectivity index (χ3v) is 3.35. The Kier molecular flexibility index (Phi) is 4.16. The van der Waals surface area contributed by atoms with E-state index in [1.54, 1.807) is 30.3 Å².